The van der Waals surface area contributed by atoms with Crippen molar-refractivity contribution in [1.29, 1.82) is 5.26 Å². The third-order valence-corrected chi connectivity index (χ3v) is 4.17. The van der Waals surface area contributed by atoms with E-state index in [-0.39, 0.29) is 11.9 Å². The fourth-order valence-corrected chi connectivity index (χ4v) is 2.96. The van der Waals surface area contributed by atoms with Crippen LogP contribution in [0, 0.1) is 11.3 Å². The van der Waals surface area contributed by atoms with E-state index in [0.717, 1.165) is 37.2 Å². The van der Waals surface area contributed by atoms with Crippen LogP contribution in [0.1, 0.15) is 18.4 Å². The van der Waals surface area contributed by atoms with Gasteiger partial charge in [-0.25, -0.2) is 0 Å². The molecule has 1 aromatic rings. The van der Waals surface area contributed by atoms with E-state index in [9.17, 15) is 4.79 Å². The van der Waals surface area contributed by atoms with E-state index in [1.807, 2.05) is 24.3 Å². The van der Waals surface area contributed by atoms with Crippen molar-refractivity contribution >= 4 is 5.91 Å². The number of rotatable bonds is 3. The summed E-state index contributed by atoms with van der Waals surface area (Å²) >= 11 is 0. The van der Waals surface area contributed by atoms with Crippen LogP contribution in [-0.4, -0.2) is 42.6 Å². The molecule has 110 valence electrons. The molecule has 1 atom stereocenters. The van der Waals surface area contributed by atoms with Crippen molar-refractivity contribution in [2.75, 3.05) is 19.6 Å². The van der Waals surface area contributed by atoms with E-state index in [1.165, 1.54) is 0 Å². The number of hydrogen-bond donors (Lipinski definition) is 1. The molecule has 0 aliphatic carbocycles. The van der Waals surface area contributed by atoms with Gasteiger partial charge in [-0.1, -0.05) is 18.2 Å². The number of fused-ring (bicyclic) bond motifs is 1. The average molecular weight is 285 g/mol. The Morgan fingerprint density at radius 1 is 1.38 bits per heavy atom. The topological polar surface area (TPSA) is 65.4 Å². The Hall–Kier alpha value is -2.06. The highest BCUT2D eigenvalue weighted by Gasteiger charge is 2.30. The standard InChI is InChI=1S/C16H19N3O2/c17-7-10-19-8-5-13(6-9-19)18-16(20)15-11-12-3-1-2-4-14(12)21-15/h1-4,13,15H,5-6,8-11H2,(H,18,20). The summed E-state index contributed by atoms with van der Waals surface area (Å²) in [5, 5.41) is 11.8. The molecule has 0 saturated carbocycles. The minimum Gasteiger partial charge on any atom is -0.480 e. The number of ether oxygens (including phenoxy) is 1. The molecule has 1 amide bonds. The van der Waals surface area contributed by atoms with Gasteiger partial charge in [-0.2, -0.15) is 5.26 Å². The van der Waals surface area contributed by atoms with Gasteiger partial charge < -0.3 is 10.1 Å². The van der Waals surface area contributed by atoms with Gasteiger partial charge in [0, 0.05) is 25.6 Å². The van der Waals surface area contributed by atoms with Crippen molar-refractivity contribution in [2.45, 2.75) is 31.4 Å². The maximum Gasteiger partial charge on any atom is 0.261 e. The minimum atomic E-state index is -0.403. The lowest BCUT2D eigenvalue weighted by atomic mass is 10.0. The first-order valence-corrected chi connectivity index (χ1v) is 7.40. The molecule has 1 N–H and O–H groups in total. The predicted octanol–water partition coefficient (Wildman–Crippen LogP) is 1.09. The molecular formula is C16H19N3O2. The third-order valence-electron chi connectivity index (χ3n) is 4.17. The van der Waals surface area contributed by atoms with Gasteiger partial charge in [0.05, 0.1) is 12.6 Å². The summed E-state index contributed by atoms with van der Waals surface area (Å²) in [6.45, 7) is 2.20. The second-order valence-electron chi connectivity index (χ2n) is 5.64. The lowest BCUT2D eigenvalue weighted by Gasteiger charge is -2.31. The molecule has 1 saturated heterocycles. The number of piperidine rings is 1. The Kier molecular flexibility index (Phi) is 4.07. The van der Waals surface area contributed by atoms with Crippen molar-refractivity contribution in [3.63, 3.8) is 0 Å². The van der Waals surface area contributed by atoms with E-state index >= 15 is 0 Å². The zero-order chi connectivity index (χ0) is 14.7. The molecule has 5 heteroatoms. The molecule has 2 heterocycles. The number of nitrogens with one attached hydrogen (secondary N) is 1. The number of carbonyl (C=O) groups is 1. The lowest BCUT2D eigenvalue weighted by molar-refractivity contribution is -0.128. The highest BCUT2D eigenvalue weighted by Crippen LogP contribution is 2.28. The smallest absolute Gasteiger partial charge is 0.261 e. The molecule has 0 spiro atoms. The predicted molar refractivity (Wildman–Crippen MR) is 77.8 cm³/mol. The van der Waals surface area contributed by atoms with Crippen molar-refractivity contribution in [2.24, 2.45) is 0 Å². The van der Waals surface area contributed by atoms with E-state index in [4.69, 9.17) is 10.00 Å². The number of hydrogen-bond acceptors (Lipinski definition) is 4. The summed E-state index contributed by atoms with van der Waals surface area (Å²) in [5.74, 6) is 0.798. The summed E-state index contributed by atoms with van der Waals surface area (Å²) < 4.78 is 5.70. The molecule has 5 nitrogen and oxygen atoms in total. The minimum absolute atomic E-state index is 0.0232. The number of para-hydroxylation sites is 1. The summed E-state index contributed by atoms with van der Waals surface area (Å²) in [4.78, 5) is 14.4. The van der Waals surface area contributed by atoms with Crippen molar-refractivity contribution in [3.05, 3.63) is 29.8 Å². The molecule has 2 aliphatic rings. The Balaban J connectivity index is 1.49. The van der Waals surface area contributed by atoms with Crippen molar-refractivity contribution in [3.8, 4) is 11.8 Å². The SMILES string of the molecule is N#CCN1CCC(NC(=O)C2Cc3ccccc3O2)CC1. The maximum absolute atomic E-state index is 12.3. The molecule has 21 heavy (non-hydrogen) atoms. The number of carbonyl (C=O) groups excluding carboxylic acids is 1. The summed E-state index contributed by atoms with van der Waals surface area (Å²) in [5.41, 5.74) is 1.10. The zero-order valence-electron chi connectivity index (χ0n) is 11.9. The first kappa shape index (κ1) is 13.9. The normalized spacial score (nSPS) is 22.1. The van der Waals surface area contributed by atoms with Gasteiger partial charge in [-0.15, -0.1) is 0 Å². The van der Waals surface area contributed by atoms with E-state index in [2.05, 4.69) is 16.3 Å². The Bertz CT molecular complexity index is 534. The second kappa shape index (κ2) is 6.15. The number of likely N-dealkylation sites (tertiary alicyclic amines) is 1. The van der Waals surface area contributed by atoms with E-state index in [0.29, 0.717) is 13.0 Å². The molecule has 0 radical (unpaired) electrons. The first-order valence-electron chi connectivity index (χ1n) is 7.40. The summed E-state index contributed by atoms with van der Waals surface area (Å²) in [7, 11) is 0. The number of nitrogens with zero attached hydrogens (tertiary/aromatic N) is 2. The lowest BCUT2D eigenvalue weighted by Crippen LogP contribution is -2.48. The van der Waals surface area contributed by atoms with Gasteiger partial charge in [0.1, 0.15) is 5.75 Å². The summed E-state index contributed by atoms with van der Waals surface area (Å²) in [6, 6.07) is 10.2. The zero-order valence-corrected chi connectivity index (χ0v) is 11.9. The quantitative estimate of drug-likeness (QED) is 0.844. The van der Waals surface area contributed by atoms with Crippen LogP contribution in [-0.2, 0) is 11.2 Å². The molecule has 1 unspecified atom stereocenters. The van der Waals surface area contributed by atoms with Crippen molar-refractivity contribution < 1.29 is 9.53 Å². The molecule has 2 aliphatic heterocycles. The molecular weight excluding hydrogens is 266 g/mol. The fourth-order valence-electron chi connectivity index (χ4n) is 2.96. The number of nitriles is 1. The fraction of sp³-hybridized carbons (Fsp3) is 0.500. The largest absolute Gasteiger partial charge is 0.480 e. The Morgan fingerprint density at radius 3 is 2.86 bits per heavy atom. The van der Waals surface area contributed by atoms with Gasteiger partial charge in [-0.05, 0) is 24.5 Å². The van der Waals surface area contributed by atoms with Crippen molar-refractivity contribution in [1.82, 2.24) is 10.2 Å². The van der Waals surface area contributed by atoms with Crippen LogP contribution in [0.2, 0.25) is 0 Å². The molecule has 1 fully saturated rings. The average Bonchev–Trinajstić information content (AvgIpc) is 2.94. The second-order valence-corrected chi connectivity index (χ2v) is 5.64. The molecule has 0 bridgehead atoms. The van der Waals surface area contributed by atoms with Gasteiger partial charge in [-0.3, -0.25) is 9.69 Å². The Labute approximate surface area is 124 Å². The van der Waals surface area contributed by atoms with Gasteiger partial charge in [0.15, 0.2) is 6.10 Å². The van der Waals surface area contributed by atoms with Crippen LogP contribution in [0.5, 0.6) is 5.75 Å². The van der Waals surface area contributed by atoms with E-state index in [1.54, 1.807) is 0 Å². The molecule has 1 aromatic carbocycles. The molecule has 3 rings (SSSR count). The number of benzene rings is 1. The molecule has 0 aromatic heterocycles. The summed E-state index contributed by atoms with van der Waals surface area (Å²) in [6.07, 6.45) is 2.04. The van der Waals surface area contributed by atoms with Crippen LogP contribution in [0.3, 0.4) is 0 Å². The highest BCUT2D eigenvalue weighted by molar-refractivity contribution is 5.82. The van der Waals surface area contributed by atoms with Gasteiger partial charge in [0.2, 0.25) is 0 Å². The van der Waals surface area contributed by atoms with E-state index < -0.39 is 6.10 Å². The van der Waals surface area contributed by atoms with Gasteiger partial charge in [0.25, 0.3) is 5.91 Å². The third kappa shape index (κ3) is 3.17. The van der Waals surface area contributed by atoms with Gasteiger partial charge >= 0.3 is 0 Å². The van der Waals surface area contributed by atoms with Crippen LogP contribution in [0.4, 0.5) is 0 Å². The van der Waals surface area contributed by atoms with Crippen LogP contribution in [0.15, 0.2) is 24.3 Å². The number of amides is 1. The maximum atomic E-state index is 12.3. The van der Waals surface area contributed by atoms with Crippen LogP contribution in [0.25, 0.3) is 0 Å². The van der Waals surface area contributed by atoms with Crippen LogP contribution < -0.4 is 10.1 Å². The van der Waals surface area contributed by atoms with Crippen LogP contribution >= 0.6 is 0 Å². The Morgan fingerprint density at radius 2 is 2.14 bits per heavy atom. The monoisotopic (exact) mass is 285 g/mol. The highest BCUT2D eigenvalue weighted by atomic mass is 16.5. The first-order chi connectivity index (χ1) is 10.3.